The average Bonchev–Trinajstić information content (AvgIpc) is 2.75. The zero-order valence-electron chi connectivity index (χ0n) is 10.6. The Kier molecular flexibility index (Phi) is 3.71. The third-order valence-electron chi connectivity index (χ3n) is 3.05. The van der Waals surface area contributed by atoms with E-state index in [-0.39, 0.29) is 12.0 Å². The number of esters is 1. The predicted octanol–water partition coefficient (Wildman–Crippen LogP) is 3.56. The van der Waals surface area contributed by atoms with E-state index in [9.17, 15) is 4.79 Å². The van der Waals surface area contributed by atoms with Crippen LogP contribution in [0.4, 0.5) is 0 Å². The highest BCUT2D eigenvalue weighted by Gasteiger charge is 2.21. The van der Waals surface area contributed by atoms with Gasteiger partial charge in [0.1, 0.15) is 0 Å². The largest absolute Gasteiger partial charge is 0.464 e. The molecule has 0 spiro atoms. The molecule has 1 aromatic carbocycles. The van der Waals surface area contributed by atoms with Gasteiger partial charge in [-0.05, 0) is 31.5 Å². The predicted molar refractivity (Wildman–Crippen MR) is 73.8 cm³/mol. The molecule has 0 aliphatic carbocycles. The van der Waals surface area contributed by atoms with Crippen molar-refractivity contribution < 1.29 is 9.53 Å². The quantitative estimate of drug-likeness (QED) is 0.814. The van der Waals surface area contributed by atoms with Gasteiger partial charge in [0.05, 0.1) is 12.6 Å². The van der Waals surface area contributed by atoms with Crippen molar-refractivity contribution >= 4 is 32.8 Å². The summed E-state index contributed by atoms with van der Waals surface area (Å²) in [6.07, 6.45) is 0.902. The van der Waals surface area contributed by atoms with Crippen LogP contribution in [0.2, 0.25) is 0 Å². The molecule has 0 saturated carbocycles. The summed E-state index contributed by atoms with van der Waals surface area (Å²) in [5, 5.41) is 5.30. The van der Waals surface area contributed by atoms with Gasteiger partial charge in [0.2, 0.25) is 0 Å². The van der Waals surface area contributed by atoms with Crippen molar-refractivity contribution in [3.05, 3.63) is 28.4 Å². The number of hydrogen-bond donors (Lipinski definition) is 0. The summed E-state index contributed by atoms with van der Waals surface area (Å²) < 4.78 is 7.54. The lowest BCUT2D eigenvalue weighted by Crippen LogP contribution is -2.15. The van der Waals surface area contributed by atoms with Crippen LogP contribution in [0.5, 0.6) is 0 Å². The fourth-order valence-corrected chi connectivity index (χ4v) is 2.23. The zero-order valence-corrected chi connectivity index (χ0v) is 12.2. The molecule has 0 aliphatic rings. The Morgan fingerprint density at radius 2 is 2.28 bits per heavy atom. The number of hydrogen-bond acceptors (Lipinski definition) is 3. The van der Waals surface area contributed by atoms with Crippen LogP contribution in [0, 0.1) is 0 Å². The Morgan fingerprint density at radius 3 is 2.89 bits per heavy atom. The summed E-state index contributed by atoms with van der Waals surface area (Å²) in [4.78, 5) is 11.9. The summed E-state index contributed by atoms with van der Waals surface area (Å²) in [7, 11) is 1.39. The summed E-state index contributed by atoms with van der Waals surface area (Å²) in [6, 6.07) is 5.86. The van der Waals surface area contributed by atoms with Crippen LogP contribution < -0.4 is 0 Å². The molecule has 2 rings (SSSR count). The molecule has 1 aromatic heterocycles. The first kappa shape index (κ1) is 13.1. The van der Waals surface area contributed by atoms with Gasteiger partial charge in [-0.2, -0.15) is 5.10 Å². The van der Waals surface area contributed by atoms with Crippen LogP contribution in [0.15, 0.2) is 22.7 Å². The minimum absolute atomic E-state index is 0.158. The van der Waals surface area contributed by atoms with E-state index in [2.05, 4.69) is 28.0 Å². The van der Waals surface area contributed by atoms with Gasteiger partial charge in [-0.1, -0.05) is 22.9 Å². The number of ether oxygens (including phenoxy) is 1. The van der Waals surface area contributed by atoms with Crippen LogP contribution in [-0.4, -0.2) is 22.9 Å². The second-order valence-electron chi connectivity index (χ2n) is 4.20. The lowest BCUT2D eigenvalue weighted by atomic mass is 10.2. The molecule has 1 heterocycles. The molecule has 0 saturated heterocycles. The van der Waals surface area contributed by atoms with Crippen LogP contribution in [0.25, 0.3) is 10.9 Å². The maximum absolute atomic E-state index is 11.9. The van der Waals surface area contributed by atoms with E-state index >= 15 is 0 Å². The smallest absolute Gasteiger partial charge is 0.356 e. The molecule has 0 aliphatic heterocycles. The van der Waals surface area contributed by atoms with Crippen molar-refractivity contribution in [3.63, 3.8) is 0 Å². The second-order valence-corrected chi connectivity index (χ2v) is 5.12. The van der Waals surface area contributed by atoms with Gasteiger partial charge in [-0.15, -0.1) is 0 Å². The Balaban J connectivity index is 2.73. The fourth-order valence-electron chi connectivity index (χ4n) is 1.87. The van der Waals surface area contributed by atoms with Gasteiger partial charge in [-0.3, -0.25) is 4.68 Å². The lowest BCUT2D eigenvalue weighted by molar-refractivity contribution is 0.0586. The van der Waals surface area contributed by atoms with Gasteiger partial charge in [-0.25, -0.2) is 4.79 Å². The molecule has 18 heavy (non-hydrogen) atoms. The maximum Gasteiger partial charge on any atom is 0.356 e. The molecule has 5 heteroatoms. The van der Waals surface area contributed by atoms with E-state index in [0.29, 0.717) is 5.69 Å². The topological polar surface area (TPSA) is 44.1 Å². The molecule has 0 bridgehead atoms. The van der Waals surface area contributed by atoms with Gasteiger partial charge in [0, 0.05) is 15.9 Å². The highest BCUT2D eigenvalue weighted by molar-refractivity contribution is 9.10. The summed E-state index contributed by atoms with van der Waals surface area (Å²) >= 11 is 3.41. The number of methoxy groups -OCH3 is 1. The Morgan fingerprint density at radius 1 is 1.56 bits per heavy atom. The van der Waals surface area contributed by atoms with Gasteiger partial charge >= 0.3 is 5.97 Å². The Hall–Kier alpha value is -1.36. The van der Waals surface area contributed by atoms with E-state index in [0.717, 1.165) is 21.8 Å². The second kappa shape index (κ2) is 5.10. The number of fused-ring (bicyclic) bond motifs is 1. The maximum atomic E-state index is 11.9. The number of carbonyl (C=O) groups excluding carboxylic acids is 1. The highest BCUT2D eigenvalue weighted by atomic mass is 79.9. The molecular formula is C13H15BrN2O2. The van der Waals surface area contributed by atoms with E-state index in [4.69, 9.17) is 4.74 Å². The van der Waals surface area contributed by atoms with Gasteiger partial charge in [0.15, 0.2) is 5.69 Å². The Bertz CT molecular complexity index is 592. The molecular weight excluding hydrogens is 296 g/mol. The van der Waals surface area contributed by atoms with Crippen molar-refractivity contribution in [2.45, 2.75) is 26.3 Å². The Labute approximate surface area is 114 Å². The molecule has 0 amide bonds. The van der Waals surface area contributed by atoms with E-state index in [1.54, 1.807) is 4.68 Å². The number of rotatable bonds is 3. The first-order valence-electron chi connectivity index (χ1n) is 5.84. The summed E-state index contributed by atoms with van der Waals surface area (Å²) in [5.41, 5.74) is 1.32. The number of carbonyl (C=O) groups is 1. The van der Waals surface area contributed by atoms with Crippen molar-refractivity contribution in [1.29, 1.82) is 0 Å². The summed E-state index contributed by atoms with van der Waals surface area (Å²) in [5.74, 6) is -0.351. The molecule has 0 radical (unpaired) electrons. The van der Waals surface area contributed by atoms with Crippen molar-refractivity contribution in [1.82, 2.24) is 9.78 Å². The SMILES string of the molecule is CC[C@H](C)n1nc2ccc(Br)cc2c1C(=O)OC. The number of benzene rings is 1. The van der Waals surface area contributed by atoms with Crippen LogP contribution in [0.3, 0.4) is 0 Å². The van der Waals surface area contributed by atoms with Gasteiger partial charge in [0.25, 0.3) is 0 Å². The minimum Gasteiger partial charge on any atom is -0.464 e. The molecule has 1 atom stereocenters. The third-order valence-corrected chi connectivity index (χ3v) is 3.54. The number of aromatic nitrogens is 2. The molecule has 4 nitrogen and oxygen atoms in total. The molecule has 0 N–H and O–H groups in total. The third kappa shape index (κ3) is 2.14. The van der Waals surface area contributed by atoms with Gasteiger partial charge < -0.3 is 4.74 Å². The van der Waals surface area contributed by atoms with E-state index < -0.39 is 0 Å². The van der Waals surface area contributed by atoms with Crippen molar-refractivity contribution in [2.75, 3.05) is 7.11 Å². The van der Waals surface area contributed by atoms with Crippen molar-refractivity contribution in [3.8, 4) is 0 Å². The van der Waals surface area contributed by atoms with Crippen LogP contribution >= 0.6 is 15.9 Å². The standard InChI is InChI=1S/C13H15BrN2O2/c1-4-8(2)16-12(13(17)18-3)10-7-9(14)5-6-11(10)15-16/h5-8H,4H2,1-3H3/t8-/m0/s1. The zero-order chi connectivity index (χ0) is 13.3. The minimum atomic E-state index is -0.351. The number of nitrogens with zero attached hydrogens (tertiary/aromatic N) is 2. The van der Waals surface area contributed by atoms with Crippen LogP contribution in [0.1, 0.15) is 36.8 Å². The van der Waals surface area contributed by atoms with E-state index in [1.807, 2.05) is 25.1 Å². The highest BCUT2D eigenvalue weighted by Crippen LogP contribution is 2.26. The monoisotopic (exact) mass is 310 g/mol. The van der Waals surface area contributed by atoms with E-state index in [1.165, 1.54) is 7.11 Å². The molecule has 96 valence electrons. The normalized spacial score (nSPS) is 12.7. The average molecular weight is 311 g/mol. The van der Waals surface area contributed by atoms with Crippen LogP contribution in [-0.2, 0) is 4.74 Å². The van der Waals surface area contributed by atoms with Crippen molar-refractivity contribution in [2.24, 2.45) is 0 Å². The molecule has 0 unspecified atom stereocenters. The number of halogens is 1. The molecule has 2 aromatic rings. The first-order chi connectivity index (χ1) is 8.58. The summed E-state index contributed by atoms with van der Waals surface area (Å²) in [6.45, 7) is 4.10. The fraction of sp³-hybridized carbons (Fsp3) is 0.385. The lowest BCUT2D eigenvalue weighted by Gasteiger charge is -2.12. The molecule has 0 fully saturated rings. The first-order valence-corrected chi connectivity index (χ1v) is 6.63.